The predicted molar refractivity (Wildman–Crippen MR) is 84.5 cm³/mol. The van der Waals surface area contributed by atoms with Gasteiger partial charge < -0.3 is 14.6 Å². The first-order chi connectivity index (χ1) is 10.2. The highest BCUT2D eigenvalue weighted by Crippen LogP contribution is 2.26. The van der Waals surface area contributed by atoms with Crippen molar-refractivity contribution in [3.63, 3.8) is 0 Å². The zero-order valence-corrected chi connectivity index (χ0v) is 13.8. The molecule has 0 radical (unpaired) electrons. The molecule has 4 nitrogen and oxygen atoms in total. The van der Waals surface area contributed by atoms with Gasteiger partial charge in [0.15, 0.2) is 0 Å². The summed E-state index contributed by atoms with van der Waals surface area (Å²) < 4.78 is 11.2. The Hall–Kier alpha value is -0.160. The third-order valence-corrected chi connectivity index (χ3v) is 4.95. The van der Waals surface area contributed by atoms with E-state index in [1.807, 2.05) is 0 Å². The summed E-state index contributed by atoms with van der Waals surface area (Å²) in [6, 6.07) is 0.640. The van der Waals surface area contributed by atoms with Crippen molar-refractivity contribution in [2.75, 3.05) is 32.9 Å². The van der Waals surface area contributed by atoms with Crippen LogP contribution in [0.2, 0.25) is 0 Å². The van der Waals surface area contributed by atoms with E-state index in [0.717, 1.165) is 45.1 Å². The fraction of sp³-hybridized carbons (Fsp3) is 1.00. The molecular formula is C17H33NO3. The molecule has 0 bridgehead atoms. The van der Waals surface area contributed by atoms with Crippen LogP contribution in [0.3, 0.4) is 0 Å². The van der Waals surface area contributed by atoms with E-state index in [1.54, 1.807) is 0 Å². The molecule has 2 heterocycles. The van der Waals surface area contributed by atoms with Crippen molar-refractivity contribution in [3.05, 3.63) is 0 Å². The van der Waals surface area contributed by atoms with Gasteiger partial charge in [0.25, 0.3) is 0 Å². The van der Waals surface area contributed by atoms with Crippen LogP contribution in [0.25, 0.3) is 0 Å². The average Bonchev–Trinajstić information content (AvgIpc) is 2.50. The molecule has 21 heavy (non-hydrogen) atoms. The molecule has 3 unspecified atom stereocenters. The second-order valence-corrected chi connectivity index (χ2v) is 6.77. The molecule has 3 atom stereocenters. The molecule has 2 fully saturated rings. The summed E-state index contributed by atoms with van der Waals surface area (Å²) in [7, 11) is 0. The van der Waals surface area contributed by atoms with Gasteiger partial charge in [-0.15, -0.1) is 0 Å². The first kappa shape index (κ1) is 17.2. The van der Waals surface area contributed by atoms with E-state index in [-0.39, 0.29) is 12.2 Å². The minimum atomic E-state index is -0.363. The molecular weight excluding hydrogens is 266 g/mol. The Kier molecular flexibility index (Phi) is 7.44. The van der Waals surface area contributed by atoms with Crippen LogP contribution >= 0.6 is 0 Å². The van der Waals surface area contributed by atoms with E-state index in [1.165, 1.54) is 25.7 Å². The molecule has 0 aromatic carbocycles. The monoisotopic (exact) mass is 299 g/mol. The quantitative estimate of drug-likeness (QED) is 0.784. The number of aliphatic hydroxyl groups excluding tert-OH is 1. The van der Waals surface area contributed by atoms with E-state index in [9.17, 15) is 5.11 Å². The van der Waals surface area contributed by atoms with Crippen molar-refractivity contribution >= 4 is 0 Å². The van der Waals surface area contributed by atoms with Gasteiger partial charge in [-0.25, -0.2) is 0 Å². The lowest BCUT2D eigenvalue weighted by Gasteiger charge is -2.41. The maximum Gasteiger partial charge on any atom is 0.0900 e. The molecule has 0 aromatic rings. The molecule has 2 saturated heterocycles. The summed E-state index contributed by atoms with van der Waals surface area (Å²) in [4.78, 5) is 2.50. The first-order valence-corrected chi connectivity index (χ1v) is 8.82. The zero-order valence-electron chi connectivity index (χ0n) is 13.8. The smallest absolute Gasteiger partial charge is 0.0900 e. The number of aliphatic hydroxyl groups is 1. The molecule has 0 amide bonds. The number of nitrogens with zero attached hydrogens (tertiary/aromatic N) is 1. The fourth-order valence-corrected chi connectivity index (χ4v) is 3.74. The lowest BCUT2D eigenvalue weighted by Crippen LogP contribution is -2.48. The van der Waals surface area contributed by atoms with Gasteiger partial charge in [0, 0.05) is 25.8 Å². The summed E-state index contributed by atoms with van der Waals surface area (Å²) in [5, 5.41) is 10.3. The highest BCUT2D eigenvalue weighted by atomic mass is 16.5. The van der Waals surface area contributed by atoms with Gasteiger partial charge in [-0.2, -0.15) is 0 Å². The molecule has 2 aliphatic rings. The third kappa shape index (κ3) is 5.51. The number of ether oxygens (including phenoxy) is 2. The summed E-state index contributed by atoms with van der Waals surface area (Å²) >= 11 is 0. The number of β-amino-alcohol motifs (C(OH)–C–C–N with tert-alkyl or cyclic N) is 1. The highest BCUT2D eigenvalue weighted by Gasteiger charge is 2.29. The second-order valence-electron chi connectivity index (χ2n) is 6.77. The molecule has 2 rings (SSSR count). The van der Waals surface area contributed by atoms with Crippen LogP contribution in [-0.2, 0) is 9.47 Å². The molecule has 0 spiro atoms. The Morgan fingerprint density at radius 3 is 2.76 bits per heavy atom. The van der Waals surface area contributed by atoms with Gasteiger partial charge in [-0.05, 0) is 44.6 Å². The van der Waals surface area contributed by atoms with E-state index < -0.39 is 0 Å². The Morgan fingerprint density at radius 2 is 2.05 bits per heavy atom. The maximum absolute atomic E-state index is 10.3. The number of rotatable bonds is 7. The van der Waals surface area contributed by atoms with Crippen LogP contribution in [0.15, 0.2) is 0 Å². The summed E-state index contributed by atoms with van der Waals surface area (Å²) in [5.41, 5.74) is 0. The van der Waals surface area contributed by atoms with E-state index in [2.05, 4.69) is 18.7 Å². The van der Waals surface area contributed by atoms with Crippen LogP contribution in [0.1, 0.15) is 52.4 Å². The minimum Gasteiger partial charge on any atom is -0.389 e. The predicted octanol–water partition coefficient (Wildman–Crippen LogP) is 2.44. The van der Waals surface area contributed by atoms with E-state index in [0.29, 0.717) is 12.6 Å². The number of hydrogen-bond donors (Lipinski definition) is 1. The van der Waals surface area contributed by atoms with Crippen LogP contribution in [0, 0.1) is 5.92 Å². The van der Waals surface area contributed by atoms with Crippen LogP contribution < -0.4 is 0 Å². The molecule has 2 aliphatic heterocycles. The SMILES string of the molecule is CCCC1C(C)CCCN1CC(O)COC1CCOCC1. The van der Waals surface area contributed by atoms with Gasteiger partial charge in [0.2, 0.25) is 0 Å². The molecule has 0 aliphatic carbocycles. The maximum atomic E-state index is 10.3. The van der Waals surface area contributed by atoms with Crippen molar-refractivity contribution < 1.29 is 14.6 Å². The molecule has 124 valence electrons. The standard InChI is InChI=1S/C17H33NO3/c1-3-5-17-14(2)6-4-9-18(17)12-15(19)13-21-16-7-10-20-11-8-16/h14-17,19H,3-13H2,1-2H3. The third-order valence-electron chi connectivity index (χ3n) is 4.95. The van der Waals surface area contributed by atoms with E-state index >= 15 is 0 Å². The molecule has 4 heteroatoms. The van der Waals surface area contributed by atoms with Crippen molar-refractivity contribution in [2.24, 2.45) is 5.92 Å². The normalized spacial score (nSPS) is 30.4. The average molecular weight is 299 g/mol. The van der Waals surface area contributed by atoms with Gasteiger partial charge in [0.1, 0.15) is 0 Å². The number of hydrogen-bond acceptors (Lipinski definition) is 4. The van der Waals surface area contributed by atoms with Crippen LogP contribution in [0.4, 0.5) is 0 Å². The highest BCUT2D eigenvalue weighted by molar-refractivity contribution is 4.83. The Labute approximate surface area is 129 Å². The summed E-state index contributed by atoms with van der Waals surface area (Å²) in [6.45, 7) is 8.56. The van der Waals surface area contributed by atoms with Crippen molar-refractivity contribution in [2.45, 2.75) is 70.6 Å². The summed E-state index contributed by atoms with van der Waals surface area (Å²) in [5.74, 6) is 0.752. The first-order valence-electron chi connectivity index (χ1n) is 8.82. The lowest BCUT2D eigenvalue weighted by atomic mass is 9.88. The Balaban J connectivity index is 1.73. The van der Waals surface area contributed by atoms with Gasteiger partial charge in [-0.3, -0.25) is 4.90 Å². The largest absolute Gasteiger partial charge is 0.389 e. The van der Waals surface area contributed by atoms with Crippen molar-refractivity contribution in [1.82, 2.24) is 4.90 Å². The van der Waals surface area contributed by atoms with Crippen molar-refractivity contribution in [1.29, 1.82) is 0 Å². The van der Waals surface area contributed by atoms with Gasteiger partial charge in [0.05, 0.1) is 18.8 Å². The number of piperidine rings is 1. The van der Waals surface area contributed by atoms with Crippen LogP contribution in [-0.4, -0.2) is 61.2 Å². The number of likely N-dealkylation sites (tertiary alicyclic amines) is 1. The van der Waals surface area contributed by atoms with Gasteiger partial charge in [-0.1, -0.05) is 20.3 Å². The lowest BCUT2D eigenvalue weighted by molar-refractivity contribution is -0.0694. The summed E-state index contributed by atoms with van der Waals surface area (Å²) in [6.07, 6.45) is 6.90. The van der Waals surface area contributed by atoms with Crippen LogP contribution in [0.5, 0.6) is 0 Å². The molecule has 0 saturated carbocycles. The minimum absolute atomic E-state index is 0.278. The Morgan fingerprint density at radius 1 is 1.29 bits per heavy atom. The Bertz CT molecular complexity index is 281. The molecule has 0 aromatic heterocycles. The van der Waals surface area contributed by atoms with Crippen molar-refractivity contribution in [3.8, 4) is 0 Å². The van der Waals surface area contributed by atoms with Gasteiger partial charge >= 0.3 is 0 Å². The fourth-order valence-electron chi connectivity index (χ4n) is 3.74. The topological polar surface area (TPSA) is 41.9 Å². The zero-order chi connectivity index (χ0) is 15.1. The molecule has 1 N–H and O–H groups in total. The van der Waals surface area contributed by atoms with E-state index in [4.69, 9.17) is 9.47 Å². The second kappa shape index (κ2) is 9.09.